The molecule has 0 unspecified atom stereocenters. The van der Waals surface area contributed by atoms with Crippen LogP contribution < -0.4 is 10.1 Å². The summed E-state index contributed by atoms with van der Waals surface area (Å²) in [5.74, 6) is -3.60. The van der Waals surface area contributed by atoms with Crippen molar-refractivity contribution in [1.29, 1.82) is 0 Å². The summed E-state index contributed by atoms with van der Waals surface area (Å²) in [6, 6.07) is 1.38. The van der Waals surface area contributed by atoms with Crippen molar-refractivity contribution in [3.63, 3.8) is 0 Å². The molecular weight excluding hydrogens is 276 g/mol. The monoisotopic (exact) mass is 294 g/mol. The van der Waals surface area contributed by atoms with E-state index in [-0.39, 0.29) is 5.75 Å². The van der Waals surface area contributed by atoms with Gasteiger partial charge in [-0.15, -0.1) is 0 Å². The Balaban J connectivity index is 2.61. The van der Waals surface area contributed by atoms with E-state index in [1.165, 1.54) is 18.5 Å². The molecule has 0 aliphatic rings. The van der Waals surface area contributed by atoms with E-state index >= 15 is 0 Å². The van der Waals surface area contributed by atoms with Crippen molar-refractivity contribution in [1.82, 2.24) is 10.3 Å². The summed E-state index contributed by atoms with van der Waals surface area (Å²) in [5, 5.41) is 3.11. The Morgan fingerprint density at radius 2 is 2.05 bits per heavy atom. The maximum atomic E-state index is 12.8. The summed E-state index contributed by atoms with van der Waals surface area (Å²) in [7, 11) is 0. The minimum atomic E-state index is -4.16. The lowest BCUT2D eigenvalue weighted by molar-refractivity contribution is -0.148. The van der Waals surface area contributed by atoms with Crippen LogP contribution in [0.3, 0.4) is 0 Å². The summed E-state index contributed by atoms with van der Waals surface area (Å²) in [5.41, 5.74) is 0.554. The van der Waals surface area contributed by atoms with Crippen LogP contribution in [0.1, 0.15) is 19.4 Å². The molecule has 1 aromatic rings. The Hall–Kier alpha value is -1.37. The molecule has 0 aliphatic heterocycles. The van der Waals surface area contributed by atoms with Crippen molar-refractivity contribution in [3.8, 4) is 5.75 Å². The molecule has 0 fully saturated rings. The number of halogens is 4. The van der Waals surface area contributed by atoms with Crippen molar-refractivity contribution < 1.29 is 22.3 Å². The number of hydrogen-bond donors (Lipinski definition) is 1. The molecule has 0 spiro atoms. The molecule has 0 atom stereocenters. The molecule has 0 bridgehead atoms. The Bertz CT molecular complexity index is 413. The molecule has 1 heterocycles. The minimum absolute atomic E-state index is 0.136. The van der Waals surface area contributed by atoms with Gasteiger partial charge in [-0.1, -0.05) is 13.8 Å². The molecule has 0 saturated heterocycles. The molecule has 0 amide bonds. The summed E-state index contributed by atoms with van der Waals surface area (Å²) in [6.45, 7) is 3.81. The molecule has 7 heteroatoms. The van der Waals surface area contributed by atoms with Crippen LogP contribution in [-0.2, 0) is 6.54 Å². The van der Waals surface area contributed by atoms with Crippen LogP contribution in [0.4, 0.5) is 17.6 Å². The Morgan fingerprint density at radius 1 is 1.35 bits per heavy atom. The van der Waals surface area contributed by atoms with Crippen LogP contribution in [0.2, 0.25) is 0 Å². The number of nitrogens with one attached hydrogen (secondary N) is 1. The highest BCUT2D eigenvalue weighted by molar-refractivity contribution is 5.30. The second-order valence-electron chi connectivity index (χ2n) is 4.86. The van der Waals surface area contributed by atoms with Gasteiger partial charge in [0.05, 0.1) is 0 Å². The van der Waals surface area contributed by atoms with Crippen molar-refractivity contribution in [3.05, 3.63) is 24.0 Å². The lowest BCUT2D eigenvalue weighted by Crippen LogP contribution is -2.34. The van der Waals surface area contributed by atoms with E-state index in [4.69, 9.17) is 4.74 Å². The number of rotatable bonds is 8. The number of hydrogen-bond acceptors (Lipinski definition) is 3. The standard InChI is InChI=1S/C13H18F4N2O/c1-9(2)5-19-7-10-6-18-4-3-11(10)20-8-13(16,17)12(14)15/h3-4,6,9,12,19H,5,7-8H2,1-2H3. The summed E-state index contributed by atoms with van der Waals surface area (Å²) >= 11 is 0. The van der Waals surface area contributed by atoms with E-state index in [0.29, 0.717) is 18.0 Å². The van der Waals surface area contributed by atoms with Gasteiger partial charge in [-0.05, 0) is 18.5 Å². The predicted octanol–water partition coefficient (Wildman–Crippen LogP) is 3.11. The third-order valence-corrected chi connectivity index (χ3v) is 2.47. The number of pyridine rings is 1. The average molecular weight is 294 g/mol. The lowest BCUT2D eigenvalue weighted by atomic mass is 10.2. The van der Waals surface area contributed by atoms with Gasteiger partial charge in [0.25, 0.3) is 0 Å². The number of ether oxygens (including phenoxy) is 1. The predicted molar refractivity (Wildman–Crippen MR) is 67.2 cm³/mol. The first-order valence-electron chi connectivity index (χ1n) is 6.25. The zero-order chi connectivity index (χ0) is 15.2. The van der Waals surface area contributed by atoms with E-state index in [1.54, 1.807) is 0 Å². The highest BCUT2D eigenvalue weighted by atomic mass is 19.3. The molecule has 0 aromatic carbocycles. The fourth-order valence-electron chi connectivity index (χ4n) is 1.42. The van der Waals surface area contributed by atoms with Crippen molar-refractivity contribution in [2.45, 2.75) is 32.7 Å². The van der Waals surface area contributed by atoms with E-state index < -0.39 is 19.0 Å². The van der Waals surface area contributed by atoms with Crippen LogP contribution >= 0.6 is 0 Å². The third kappa shape index (κ3) is 5.32. The molecule has 1 rings (SSSR count). The summed E-state index contributed by atoms with van der Waals surface area (Å²) < 4.78 is 54.5. The van der Waals surface area contributed by atoms with Gasteiger partial charge in [-0.2, -0.15) is 8.78 Å². The first-order chi connectivity index (χ1) is 9.33. The van der Waals surface area contributed by atoms with Gasteiger partial charge >= 0.3 is 12.3 Å². The van der Waals surface area contributed by atoms with Crippen LogP contribution in [0, 0.1) is 5.92 Å². The molecule has 0 radical (unpaired) electrons. The van der Waals surface area contributed by atoms with Crippen molar-refractivity contribution in [2.24, 2.45) is 5.92 Å². The second-order valence-corrected chi connectivity index (χ2v) is 4.86. The van der Waals surface area contributed by atoms with Crippen molar-refractivity contribution in [2.75, 3.05) is 13.2 Å². The van der Waals surface area contributed by atoms with Gasteiger partial charge in [-0.3, -0.25) is 4.98 Å². The minimum Gasteiger partial charge on any atom is -0.487 e. The number of nitrogens with zero attached hydrogens (tertiary/aromatic N) is 1. The Labute approximate surface area is 115 Å². The Kier molecular flexibility index (Phi) is 6.19. The van der Waals surface area contributed by atoms with E-state index in [2.05, 4.69) is 10.3 Å². The van der Waals surface area contributed by atoms with E-state index in [1.807, 2.05) is 13.8 Å². The second kappa shape index (κ2) is 7.42. The topological polar surface area (TPSA) is 34.2 Å². The number of alkyl halides is 4. The van der Waals surface area contributed by atoms with Gasteiger partial charge in [0.15, 0.2) is 6.61 Å². The number of aromatic nitrogens is 1. The molecule has 114 valence electrons. The normalized spacial score (nSPS) is 12.2. The van der Waals surface area contributed by atoms with Gasteiger partial charge < -0.3 is 10.1 Å². The van der Waals surface area contributed by atoms with Crippen LogP contribution in [-0.4, -0.2) is 30.5 Å². The largest absolute Gasteiger partial charge is 0.487 e. The zero-order valence-corrected chi connectivity index (χ0v) is 11.4. The summed E-state index contributed by atoms with van der Waals surface area (Å²) in [6.07, 6.45) is -0.919. The van der Waals surface area contributed by atoms with Gasteiger partial charge in [0.2, 0.25) is 0 Å². The maximum absolute atomic E-state index is 12.8. The maximum Gasteiger partial charge on any atom is 0.340 e. The highest BCUT2D eigenvalue weighted by Gasteiger charge is 2.41. The first-order valence-corrected chi connectivity index (χ1v) is 6.25. The van der Waals surface area contributed by atoms with E-state index in [0.717, 1.165) is 6.54 Å². The van der Waals surface area contributed by atoms with Crippen molar-refractivity contribution >= 4 is 0 Å². The van der Waals surface area contributed by atoms with Crippen LogP contribution in [0.15, 0.2) is 18.5 Å². The van der Waals surface area contributed by atoms with Crippen LogP contribution in [0.5, 0.6) is 5.75 Å². The van der Waals surface area contributed by atoms with Crippen LogP contribution in [0.25, 0.3) is 0 Å². The smallest absolute Gasteiger partial charge is 0.340 e. The highest BCUT2D eigenvalue weighted by Crippen LogP contribution is 2.25. The quantitative estimate of drug-likeness (QED) is 0.748. The van der Waals surface area contributed by atoms with Gasteiger partial charge in [0, 0.05) is 24.5 Å². The average Bonchev–Trinajstić information content (AvgIpc) is 2.37. The summed E-state index contributed by atoms with van der Waals surface area (Å²) in [4.78, 5) is 3.87. The molecule has 1 aromatic heterocycles. The van der Waals surface area contributed by atoms with Gasteiger partial charge in [0.1, 0.15) is 5.75 Å². The first kappa shape index (κ1) is 16.7. The third-order valence-electron chi connectivity index (χ3n) is 2.47. The molecule has 20 heavy (non-hydrogen) atoms. The molecule has 0 aliphatic carbocycles. The molecule has 1 N–H and O–H groups in total. The SMILES string of the molecule is CC(C)CNCc1cnccc1OCC(F)(F)C(F)F. The van der Waals surface area contributed by atoms with E-state index in [9.17, 15) is 17.6 Å². The van der Waals surface area contributed by atoms with Gasteiger partial charge in [-0.25, -0.2) is 8.78 Å². The fourth-order valence-corrected chi connectivity index (χ4v) is 1.42. The fraction of sp³-hybridized carbons (Fsp3) is 0.615. The molecule has 0 saturated carbocycles. The molecule has 3 nitrogen and oxygen atoms in total. The molecular formula is C13H18F4N2O. The lowest BCUT2D eigenvalue weighted by Gasteiger charge is -2.17. The zero-order valence-electron chi connectivity index (χ0n) is 11.4. The Morgan fingerprint density at radius 3 is 2.65 bits per heavy atom.